The maximum absolute atomic E-state index is 10.7. The van der Waals surface area contributed by atoms with E-state index in [0.29, 0.717) is 12.1 Å². The third kappa shape index (κ3) is 3.06. The van der Waals surface area contributed by atoms with Crippen LogP contribution in [0.15, 0.2) is 30.4 Å². The Balaban J connectivity index is 2.88. The van der Waals surface area contributed by atoms with Gasteiger partial charge in [0, 0.05) is 12.6 Å². The zero-order valence-corrected chi connectivity index (χ0v) is 9.10. The third-order valence-electron chi connectivity index (χ3n) is 2.03. The Morgan fingerprint density at radius 2 is 2.31 bits per heavy atom. The number of nitrogens with two attached hydrogens (primary N) is 1. The predicted molar refractivity (Wildman–Crippen MR) is 61.5 cm³/mol. The van der Waals surface area contributed by atoms with Crippen LogP contribution in [0.25, 0.3) is 0 Å². The molecule has 1 aromatic rings. The van der Waals surface area contributed by atoms with Crippen LogP contribution in [-0.2, 0) is 0 Å². The van der Waals surface area contributed by atoms with Gasteiger partial charge in [-0.3, -0.25) is 10.1 Å². The second-order valence-electron chi connectivity index (χ2n) is 3.47. The Morgan fingerprint density at radius 3 is 2.88 bits per heavy atom. The molecule has 0 saturated heterocycles. The van der Waals surface area contributed by atoms with Gasteiger partial charge >= 0.3 is 5.69 Å². The fraction of sp³-hybridized carbons (Fsp3) is 0.273. The lowest BCUT2D eigenvalue weighted by Crippen LogP contribution is -2.10. The molecule has 0 saturated carbocycles. The predicted octanol–water partition coefficient (Wildman–Crippen LogP) is 1.80. The quantitative estimate of drug-likeness (QED) is 0.468. The smallest absolute Gasteiger partial charge is 0.310 e. The molecule has 0 aromatic heterocycles. The van der Waals surface area contributed by atoms with E-state index in [2.05, 4.69) is 6.58 Å². The molecule has 0 aliphatic carbocycles. The van der Waals surface area contributed by atoms with E-state index in [4.69, 9.17) is 10.5 Å². The number of ether oxygens (including phenoxy) is 1. The average molecular weight is 222 g/mol. The van der Waals surface area contributed by atoms with Gasteiger partial charge in [0.05, 0.1) is 4.92 Å². The highest BCUT2D eigenvalue weighted by molar-refractivity contribution is 5.48. The number of hydrogen-bond donors (Lipinski definition) is 1. The van der Waals surface area contributed by atoms with E-state index in [9.17, 15) is 10.1 Å². The highest BCUT2D eigenvalue weighted by Gasteiger charge is 2.14. The molecule has 0 bridgehead atoms. The molecule has 5 nitrogen and oxygen atoms in total. The first kappa shape index (κ1) is 12.2. The largest absolute Gasteiger partial charge is 0.482 e. The maximum Gasteiger partial charge on any atom is 0.310 e. The Hall–Kier alpha value is -1.88. The number of rotatable bonds is 5. The minimum Gasteiger partial charge on any atom is -0.482 e. The van der Waals surface area contributed by atoms with Crippen molar-refractivity contribution in [2.24, 2.45) is 5.73 Å². The van der Waals surface area contributed by atoms with Crippen molar-refractivity contribution in [2.75, 3.05) is 13.2 Å². The van der Waals surface area contributed by atoms with Crippen LogP contribution < -0.4 is 10.5 Å². The lowest BCUT2D eigenvalue weighted by molar-refractivity contribution is -0.385. The van der Waals surface area contributed by atoms with Gasteiger partial charge in [0.2, 0.25) is 0 Å². The van der Waals surface area contributed by atoms with E-state index >= 15 is 0 Å². The van der Waals surface area contributed by atoms with E-state index in [0.717, 1.165) is 5.56 Å². The molecule has 1 aromatic carbocycles. The number of aryl methyl sites for hydroxylation is 1. The molecule has 1 rings (SSSR count). The maximum atomic E-state index is 10.7. The lowest BCUT2D eigenvalue weighted by atomic mass is 10.2. The van der Waals surface area contributed by atoms with Crippen LogP contribution in [-0.4, -0.2) is 18.1 Å². The van der Waals surface area contributed by atoms with Gasteiger partial charge in [0.25, 0.3) is 0 Å². The summed E-state index contributed by atoms with van der Waals surface area (Å²) in [6.07, 6.45) is 0. The first-order chi connectivity index (χ1) is 7.54. The Morgan fingerprint density at radius 1 is 1.62 bits per heavy atom. The topological polar surface area (TPSA) is 78.4 Å². The summed E-state index contributed by atoms with van der Waals surface area (Å²) in [5, 5.41) is 10.7. The molecule has 0 amide bonds. The van der Waals surface area contributed by atoms with Crippen LogP contribution in [0.3, 0.4) is 0 Å². The van der Waals surface area contributed by atoms with Crippen molar-refractivity contribution in [3.8, 4) is 5.75 Å². The average Bonchev–Trinajstić information content (AvgIpc) is 2.25. The Kier molecular flexibility index (Phi) is 4.02. The molecule has 5 heteroatoms. The normalized spacial score (nSPS) is 9.88. The van der Waals surface area contributed by atoms with Gasteiger partial charge < -0.3 is 10.5 Å². The van der Waals surface area contributed by atoms with Crippen molar-refractivity contribution in [1.82, 2.24) is 0 Å². The summed E-state index contributed by atoms with van der Waals surface area (Å²) in [5.74, 6) is 0.250. The van der Waals surface area contributed by atoms with Gasteiger partial charge in [-0.2, -0.15) is 0 Å². The van der Waals surface area contributed by atoms with Crippen molar-refractivity contribution in [3.63, 3.8) is 0 Å². The molecule has 0 aliphatic heterocycles. The fourth-order valence-electron chi connectivity index (χ4n) is 1.13. The molecule has 0 atom stereocenters. The van der Waals surface area contributed by atoms with Crippen LogP contribution >= 0.6 is 0 Å². The second kappa shape index (κ2) is 5.27. The number of nitrogens with zero attached hydrogens (tertiary/aromatic N) is 1. The van der Waals surface area contributed by atoms with Crippen molar-refractivity contribution in [3.05, 3.63) is 46.0 Å². The minimum atomic E-state index is -0.472. The number of benzene rings is 1. The Labute approximate surface area is 93.7 Å². The zero-order chi connectivity index (χ0) is 12.1. The molecule has 86 valence electrons. The number of nitro groups is 1. The summed E-state index contributed by atoms with van der Waals surface area (Å²) >= 11 is 0. The fourth-order valence-corrected chi connectivity index (χ4v) is 1.13. The summed E-state index contributed by atoms with van der Waals surface area (Å²) in [6.45, 7) is 6.01. The van der Waals surface area contributed by atoms with Gasteiger partial charge in [-0.25, -0.2) is 0 Å². The summed E-state index contributed by atoms with van der Waals surface area (Å²) < 4.78 is 5.31. The van der Waals surface area contributed by atoms with E-state index < -0.39 is 4.92 Å². The third-order valence-corrected chi connectivity index (χ3v) is 2.03. The van der Waals surface area contributed by atoms with Crippen LogP contribution in [0, 0.1) is 17.0 Å². The molecule has 2 N–H and O–H groups in total. The molecule has 0 fully saturated rings. The monoisotopic (exact) mass is 222 g/mol. The molecule has 0 radical (unpaired) electrons. The second-order valence-corrected chi connectivity index (χ2v) is 3.47. The zero-order valence-electron chi connectivity index (χ0n) is 9.10. The minimum absolute atomic E-state index is 0.0459. The SMILES string of the molecule is C=C(CN)COc1cc(C)ccc1[N+](=O)[O-]. The van der Waals surface area contributed by atoms with Gasteiger partial charge in [0.1, 0.15) is 6.61 Å². The molecule has 0 aliphatic rings. The molecule has 0 heterocycles. The highest BCUT2D eigenvalue weighted by atomic mass is 16.6. The van der Waals surface area contributed by atoms with E-state index in [1.54, 1.807) is 12.1 Å². The van der Waals surface area contributed by atoms with Gasteiger partial charge in [-0.05, 0) is 24.1 Å². The number of nitro benzene ring substituents is 1. The van der Waals surface area contributed by atoms with Gasteiger partial charge in [-0.1, -0.05) is 12.6 Å². The number of hydrogen-bond acceptors (Lipinski definition) is 4. The van der Waals surface area contributed by atoms with Crippen LogP contribution in [0.4, 0.5) is 5.69 Å². The van der Waals surface area contributed by atoms with Crippen molar-refractivity contribution in [1.29, 1.82) is 0 Å². The van der Waals surface area contributed by atoms with Crippen LogP contribution in [0.5, 0.6) is 5.75 Å². The molecule has 0 unspecified atom stereocenters. The van der Waals surface area contributed by atoms with Crippen LogP contribution in [0.1, 0.15) is 5.56 Å². The molecule has 0 spiro atoms. The van der Waals surface area contributed by atoms with Gasteiger partial charge in [-0.15, -0.1) is 0 Å². The Bertz CT molecular complexity index is 416. The first-order valence-corrected chi connectivity index (χ1v) is 4.79. The first-order valence-electron chi connectivity index (χ1n) is 4.79. The van der Waals surface area contributed by atoms with Crippen molar-refractivity contribution in [2.45, 2.75) is 6.92 Å². The van der Waals surface area contributed by atoms with E-state index in [1.807, 2.05) is 6.92 Å². The summed E-state index contributed by atoms with van der Waals surface area (Å²) in [4.78, 5) is 10.3. The summed E-state index contributed by atoms with van der Waals surface area (Å²) in [7, 11) is 0. The lowest BCUT2D eigenvalue weighted by Gasteiger charge is -2.08. The molecular weight excluding hydrogens is 208 g/mol. The molecule has 16 heavy (non-hydrogen) atoms. The summed E-state index contributed by atoms with van der Waals surface area (Å²) in [6, 6.07) is 4.72. The standard InChI is InChI=1S/C11H14N2O3/c1-8-3-4-10(13(14)15)11(5-8)16-7-9(2)6-12/h3-5H,2,6-7,12H2,1H3. The molecular formula is C11H14N2O3. The summed E-state index contributed by atoms with van der Waals surface area (Å²) in [5.41, 5.74) is 6.90. The van der Waals surface area contributed by atoms with Gasteiger partial charge in [0.15, 0.2) is 5.75 Å². The van der Waals surface area contributed by atoms with E-state index in [-0.39, 0.29) is 18.0 Å². The van der Waals surface area contributed by atoms with Crippen molar-refractivity contribution < 1.29 is 9.66 Å². The van der Waals surface area contributed by atoms with Crippen molar-refractivity contribution >= 4 is 5.69 Å². The van der Waals surface area contributed by atoms with Crippen LogP contribution in [0.2, 0.25) is 0 Å². The highest BCUT2D eigenvalue weighted by Crippen LogP contribution is 2.27. The van der Waals surface area contributed by atoms with E-state index in [1.165, 1.54) is 6.07 Å².